The van der Waals surface area contributed by atoms with E-state index in [4.69, 9.17) is 5.73 Å². The molecule has 10 nitrogen and oxygen atoms in total. The van der Waals surface area contributed by atoms with Crippen molar-refractivity contribution in [1.29, 1.82) is 0 Å². The Labute approximate surface area is 505 Å². The highest BCUT2D eigenvalue weighted by Gasteiger charge is 2.59. The molecule has 10 aromatic rings. The SMILES string of the molecule is CC(=O)N(Cc1cccc2ccccc12)[C@](Cc1cccc2ccccc12)(C(=O)N(C(=O)[C@](Cc1cccc2ccccc12)(C(C)C)N(Cc1cccc2ccccc12)C(C)=O)[C@@H](Cc1ccccc1)[C@@H](O)[C@H](O)[C@@H](N)Cc1ccccc1)C(C)C. The van der Waals surface area contributed by atoms with Gasteiger partial charge in [-0.15, -0.1) is 0 Å². The van der Waals surface area contributed by atoms with E-state index < -0.39 is 70.8 Å². The van der Waals surface area contributed by atoms with Crippen molar-refractivity contribution < 1.29 is 29.4 Å². The average Bonchev–Trinajstić information content (AvgIpc) is 0.787. The lowest BCUT2D eigenvalue weighted by Crippen LogP contribution is -2.74. The maximum absolute atomic E-state index is 18.3. The number of rotatable bonds is 22. The summed E-state index contributed by atoms with van der Waals surface area (Å²) in [7, 11) is 0. The number of nitrogens with zero attached hydrogens (tertiary/aromatic N) is 3. The first-order valence-corrected chi connectivity index (χ1v) is 30.0. The number of carbonyl (C=O) groups is 4. The van der Waals surface area contributed by atoms with Gasteiger partial charge in [-0.3, -0.25) is 24.1 Å². The summed E-state index contributed by atoms with van der Waals surface area (Å²) in [6, 6.07) is 71.5. The highest BCUT2D eigenvalue weighted by atomic mass is 16.3. The Kier molecular flexibility index (Phi) is 18.4. The van der Waals surface area contributed by atoms with Crippen LogP contribution < -0.4 is 5.73 Å². The van der Waals surface area contributed by atoms with Crippen LogP contribution in [0.15, 0.2) is 231 Å². The summed E-state index contributed by atoms with van der Waals surface area (Å²) in [5, 5.41) is 33.7. The molecule has 4 amide bonds. The highest BCUT2D eigenvalue weighted by molar-refractivity contribution is 6.07. The van der Waals surface area contributed by atoms with E-state index in [0.717, 1.165) is 70.9 Å². The van der Waals surface area contributed by atoms with Gasteiger partial charge in [-0.2, -0.15) is 0 Å². The van der Waals surface area contributed by atoms with Crippen molar-refractivity contribution >= 4 is 66.7 Å². The second-order valence-corrected chi connectivity index (χ2v) is 23.8. The number of hydrogen-bond acceptors (Lipinski definition) is 7. The highest BCUT2D eigenvalue weighted by Crippen LogP contribution is 2.43. The van der Waals surface area contributed by atoms with Crippen molar-refractivity contribution in [3.63, 3.8) is 0 Å². The molecule has 86 heavy (non-hydrogen) atoms. The van der Waals surface area contributed by atoms with Crippen LogP contribution in [0.25, 0.3) is 43.1 Å². The number of aliphatic hydroxyl groups excluding tert-OH is 2. The van der Waals surface area contributed by atoms with Crippen LogP contribution in [0.3, 0.4) is 0 Å². The van der Waals surface area contributed by atoms with Crippen LogP contribution in [-0.2, 0) is 58.0 Å². The summed E-state index contributed by atoms with van der Waals surface area (Å²) < 4.78 is 0. The first-order chi connectivity index (χ1) is 41.5. The molecular formula is C76H78N4O6. The number of hydrogen-bond donors (Lipinski definition) is 3. The van der Waals surface area contributed by atoms with E-state index in [2.05, 4.69) is 0 Å². The molecule has 0 saturated carbocycles. The minimum Gasteiger partial charge on any atom is -0.389 e. The van der Waals surface area contributed by atoms with Crippen LogP contribution in [0.2, 0.25) is 0 Å². The first-order valence-electron chi connectivity index (χ1n) is 30.0. The molecule has 0 unspecified atom stereocenters. The normalized spacial score (nSPS) is 14.5. The third kappa shape index (κ3) is 12.1. The average molecular weight is 1140 g/mol. The molecule has 10 heteroatoms. The molecule has 0 aliphatic heterocycles. The Bertz CT molecular complexity index is 3810. The van der Waals surface area contributed by atoms with Gasteiger partial charge in [0, 0.05) is 45.8 Å². The van der Waals surface area contributed by atoms with Crippen molar-refractivity contribution in [3.8, 4) is 0 Å². The van der Waals surface area contributed by atoms with Crippen molar-refractivity contribution in [1.82, 2.24) is 14.7 Å². The molecule has 10 rings (SSSR count). The monoisotopic (exact) mass is 1140 g/mol. The largest absolute Gasteiger partial charge is 0.389 e. The molecule has 0 saturated heterocycles. The van der Waals surface area contributed by atoms with Gasteiger partial charge in [-0.25, -0.2) is 0 Å². The Morgan fingerprint density at radius 2 is 0.698 bits per heavy atom. The smallest absolute Gasteiger partial charge is 0.256 e. The van der Waals surface area contributed by atoms with E-state index in [-0.39, 0.29) is 38.8 Å². The Morgan fingerprint density at radius 3 is 1.05 bits per heavy atom. The maximum atomic E-state index is 18.3. The lowest BCUT2D eigenvalue weighted by molar-refractivity contribution is -0.178. The summed E-state index contributed by atoms with van der Waals surface area (Å²) in [6.45, 7) is 10.5. The van der Waals surface area contributed by atoms with Crippen LogP contribution >= 0.6 is 0 Å². The number of benzene rings is 10. The van der Waals surface area contributed by atoms with Gasteiger partial charge in [0.15, 0.2) is 0 Å². The second kappa shape index (κ2) is 26.2. The number of aliphatic hydroxyl groups is 2. The van der Waals surface area contributed by atoms with E-state index in [1.165, 1.54) is 18.7 Å². The van der Waals surface area contributed by atoms with Crippen molar-refractivity contribution in [2.24, 2.45) is 17.6 Å². The lowest BCUT2D eigenvalue weighted by atomic mass is 9.73. The number of carbonyl (C=O) groups excluding carboxylic acids is 4. The fourth-order valence-corrected chi connectivity index (χ4v) is 13.4. The molecule has 0 spiro atoms. The van der Waals surface area contributed by atoms with E-state index in [1.807, 2.05) is 258 Å². The molecule has 0 aliphatic rings. The summed E-state index contributed by atoms with van der Waals surface area (Å²) in [6.07, 6.45) is -3.75. The zero-order valence-electron chi connectivity index (χ0n) is 50.1. The van der Waals surface area contributed by atoms with Crippen LogP contribution in [-0.4, -0.2) is 83.9 Å². The Balaban J connectivity index is 1.30. The summed E-state index contributed by atoms with van der Waals surface area (Å²) in [5.74, 6) is -3.89. The van der Waals surface area contributed by atoms with E-state index in [9.17, 15) is 10.2 Å². The number of fused-ring (bicyclic) bond motifs is 4. The molecule has 0 fully saturated rings. The molecule has 10 aromatic carbocycles. The number of imide groups is 1. The van der Waals surface area contributed by atoms with Crippen molar-refractivity contribution in [2.75, 3.05) is 0 Å². The van der Waals surface area contributed by atoms with E-state index in [0.29, 0.717) is 5.56 Å². The molecule has 4 N–H and O–H groups in total. The topological polar surface area (TPSA) is 144 Å². The first kappa shape index (κ1) is 60.3. The number of amides is 4. The van der Waals surface area contributed by atoms with Crippen LogP contribution in [0.4, 0.5) is 0 Å². The van der Waals surface area contributed by atoms with Gasteiger partial charge >= 0.3 is 0 Å². The minimum atomic E-state index is -1.94. The summed E-state index contributed by atoms with van der Waals surface area (Å²) >= 11 is 0. The summed E-state index contributed by atoms with van der Waals surface area (Å²) in [4.78, 5) is 71.9. The standard InChI is InChI=1S/C76H78N4O6/c1-51(2)75(47-61-37-21-33-57-29-13-17-41-65(57)61,78(53(5)81)49-63-39-23-35-59-31-15-19-43-67(59)63)73(85)80(70(46-56-27-11-8-12-28-56)72(84)71(83)69(77)45-55-25-9-7-10-26-55)74(86)76(52(3)4,48-62-38-22-34-58-30-14-18-42-66(58)62)79(54(6)82)50-64-40-24-36-60-32-16-20-44-68(60)64/h7-44,51-52,69-72,83-84H,45-50,77H2,1-6H3/t69-,70-,71+,72+,75-,76-/m0/s1. The Morgan fingerprint density at radius 1 is 0.395 bits per heavy atom. The van der Waals surface area contributed by atoms with Gasteiger partial charge in [0.2, 0.25) is 11.8 Å². The third-order valence-corrected chi connectivity index (χ3v) is 18.0. The predicted octanol–water partition coefficient (Wildman–Crippen LogP) is 13.2. The Hall–Kier alpha value is -8.80. The van der Waals surface area contributed by atoms with Crippen LogP contribution in [0.1, 0.15) is 74.9 Å². The molecule has 0 bridgehead atoms. The second-order valence-electron chi connectivity index (χ2n) is 23.8. The van der Waals surface area contributed by atoms with Crippen LogP contribution in [0, 0.1) is 11.8 Å². The maximum Gasteiger partial charge on any atom is 0.256 e. The quantitative estimate of drug-likeness (QED) is 0.0613. The van der Waals surface area contributed by atoms with Gasteiger partial charge in [-0.05, 0) is 101 Å². The molecular weight excluding hydrogens is 1060 g/mol. The lowest BCUT2D eigenvalue weighted by Gasteiger charge is -2.53. The van der Waals surface area contributed by atoms with E-state index in [1.54, 1.807) is 9.80 Å². The number of nitrogens with two attached hydrogens (primary N) is 1. The third-order valence-electron chi connectivity index (χ3n) is 18.0. The predicted molar refractivity (Wildman–Crippen MR) is 347 cm³/mol. The fraction of sp³-hybridized carbons (Fsp3) is 0.263. The molecule has 0 aliphatic carbocycles. The fourth-order valence-electron chi connectivity index (χ4n) is 13.4. The minimum absolute atomic E-state index is 0.0458. The van der Waals surface area contributed by atoms with Gasteiger partial charge in [-0.1, -0.05) is 258 Å². The van der Waals surface area contributed by atoms with Crippen molar-refractivity contribution in [2.45, 2.75) is 116 Å². The molecule has 0 aromatic heterocycles. The van der Waals surface area contributed by atoms with Crippen LogP contribution in [0.5, 0.6) is 0 Å². The van der Waals surface area contributed by atoms with Gasteiger partial charge < -0.3 is 25.7 Å². The molecule has 0 heterocycles. The zero-order valence-corrected chi connectivity index (χ0v) is 50.1. The van der Waals surface area contributed by atoms with Gasteiger partial charge in [0.05, 0.1) is 12.1 Å². The van der Waals surface area contributed by atoms with E-state index >= 15 is 19.2 Å². The zero-order chi connectivity index (χ0) is 60.7. The molecule has 0 radical (unpaired) electrons. The molecule has 438 valence electrons. The van der Waals surface area contributed by atoms with Gasteiger partial charge in [0.25, 0.3) is 11.8 Å². The van der Waals surface area contributed by atoms with Crippen molar-refractivity contribution in [3.05, 3.63) is 264 Å². The van der Waals surface area contributed by atoms with Gasteiger partial charge in [0.1, 0.15) is 17.2 Å². The molecule has 6 atom stereocenters. The summed E-state index contributed by atoms with van der Waals surface area (Å²) in [5.41, 5.74) is 7.69.